The van der Waals surface area contributed by atoms with Crippen molar-refractivity contribution in [3.63, 3.8) is 0 Å². The summed E-state index contributed by atoms with van der Waals surface area (Å²) in [5.74, 6) is 0.682. The molecule has 23 heavy (non-hydrogen) atoms. The maximum atomic E-state index is 12.1. The van der Waals surface area contributed by atoms with Crippen molar-refractivity contribution in [1.82, 2.24) is 5.32 Å². The van der Waals surface area contributed by atoms with Crippen LogP contribution in [0.2, 0.25) is 0 Å². The highest BCUT2D eigenvalue weighted by molar-refractivity contribution is 7.91. The summed E-state index contributed by atoms with van der Waals surface area (Å²) in [6.45, 7) is 0.708. The van der Waals surface area contributed by atoms with E-state index in [4.69, 9.17) is 4.74 Å². The third-order valence-corrected chi connectivity index (χ3v) is 4.95. The molecule has 5 nitrogen and oxygen atoms in total. The van der Waals surface area contributed by atoms with E-state index in [-0.39, 0.29) is 25.4 Å². The summed E-state index contributed by atoms with van der Waals surface area (Å²) < 4.78 is 29.5. The fourth-order valence-corrected chi connectivity index (χ4v) is 3.21. The molecular formula is C17H21NO4S. The molecule has 1 atom stereocenters. The van der Waals surface area contributed by atoms with Crippen molar-refractivity contribution in [2.24, 2.45) is 0 Å². The van der Waals surface area contributed by atoms with Crippen LogP contribution in [0, 0.1) is 0 Å². The number of nitrogens with one attached hydrogen (secondary N) is 1. The standard InChI is InChI=1S/C17H21NO4S/c19-15(14-22-16-7-3-1-4-8-16)13-18-11-12-23(20,21)17-9-5-2-6-10-17/h1-10,15,18-19H,11-14H2. The number of sulfone groups is 1. The maximum Gasteiger partial charge on any atom is 0.179 e. The minimum Gasteiger partial charge on any atom is -0.491 e. The van der Waals surface area contributed by atoms with Gasteiger partial charge >= 0.3 is 0 Å². The predicted molar refractivity (Wildman–Crippen MR) is 89.3 cm³/mol. The summed E-state index contributed by atoms with van der Waals surface area (Å²) in [5.41, 5.74) is 0. The topological polar surface area (TPSA) is 75.6 Å². The van der Waals surface area contributed by atoms with E-state index in [2.05, 4.69) is 5.32 Å². The molecule has 124 valence electrons. The molecule has 0 aliphatic carbocycles. The van der Waals surface area contributed by atoms with E-state index in [9.17, 15) is 13.5 Å². The fraction of sp³-hybridized carbons (Fsp3) is 0.294. The van der Waals surface area contributed by atoms with Crippen LogP contribution in [0.4, 0.5) is 0 Å². The zero-order chi connectivity index (χ0) is 16.5. The minimum absolute atomic E-state index is 0.0106. The molecule has 2 aromatic carbocycles. The van der Waals surface area contributed by atoms with Gasteiger partial charge in [0.1, 0.15) is 18.5 Å². The number of rotatable bonds is 9. The van der Waals surface area contributed by atoms with Crippen molar-refractivity contribution in [3.8, 4) is 5.75 Å². The quantitative estimate of drug-likeness (QED) is 0.679. The summed E-state index contributed by atoms with van der Waals surface area (Å²) in [4.78, 5) is 0.315. The van der Waals surface area contributed by atoms with Crippen LogP contribution in [0.15, 0.2) is 65.6 Å². The molecule has 0 saturated heterocycles. The van der Waals surface area contributed by atoms with Crippen molar-refractivity contribution in [1.29, 1.82) is 0 Å². The summed E-state index contributed by atoms with van der Waals surface area (Å²) in [6, 6.07) is 17.6. The molecule has 0 spiro atoms. The van der Waals surface area contributed by atoms with Gasteiger partial charge in [0.2, 0.25) is 0 Å². The molecule has 0 aliphatic rings. The largest absolute Gasteiger partial charge is 0.491 e. The van der Waals surface area contributed by atoms with Gasteiger partial charge in [-0.25, -0.2) is 8.42 Å². The first-order chi connectivity index (χ1) is 11.1. The number of aliphatic hydroxyl groups is 1. The zero-order valence-electron chi connectivity index (χ0n) is 12.8. The molecule has 0 fully saturated rings. The van der Waals surface area contributed by atoms with Crippen LogP contribution >= 0.6 is 0 Å². The monoisotopic (exact) mass is 335 g/mol. The van der Waals surface area contributed by atoms with Crippen molar-refractivity contribution in [2.75, 3.05) is 25.4 Å². The van der Waals surface area contributed by atoms with Crippen LogP contribution < -0.4 is 10.1 Å². The number of hydrogen-bond acceptors (Lipinski definition) is 5. The van der Waals surface area contributed by atoms with Crippen LogP contribution in [-0.4, -0.2) is 45.1 Å². The Morgan fingerprint density at radius 2 is 1.61 bits per heavy atom. The third-order valence-electron chi connectivity index (χ3n) is 3.22. The number of benzene rings is 2. The van der Waals surface area contributed by atoms with Crippen LogP contribution in [0.25, 0.3) is 0 Å². The Kier molecular flexibility index (Phi) is 6.58. The third kappa shape index (κ3) is 6.02. The average molecular weight is 335 g/mol. The molecule has 2 aromatic rings. The first-order valence-corrected chi connectivity index (χ1v) is 9.07. The fourth-order valence-electron chi connectivity index (χ4n) is 1.99. The first kappa shape index (κ1) is 17.5. The summed E-state index contributed by atoms with van der Waals surface area (Å²) in [6.07, 6.45) is -0.699. The van der Waals surface area contributed by atoms with E-state index in [1.165, 1.54) is 0 Å². The van der Waals surface area contributed by atoms with E-state index >= 15 is 0 Å². The molecule has 0 saturated carbocycles. The lowest BCUT2D eigenvalue weighted by Crippen LogP contribution is -2.34. The molecule has 1 unspecified atom stereocenters. The molecule has 0 radical (unpaired) electrons. The van der Waals surface area contributed by atoms with Crippen LogP contribution in [0.1, 0.15) is 0 Å². The Morgan fingerprint density at radius 1 is 1.00 bits per heavy atom. The van der Waals surface area contributed by atoms with Gasteiger partial charge in [0.25, 0.3) is 0 Å². The molecular weight excluding hydrogens is 314 g/mol. The van der Waals surface area contributed by atoms with Gasteiger partial charge in [0.05, 0.1) is 10.6 Å². The molecule has 2 rings (SSSR count). The second-order valence-corrected chi connectivity index (χ2v) is 7.22. The van der Waals surface area contributed by atoms with E-state index in [0.717, 1.165) is 0 Å². The molecule has 6 heteroatoms. The van der Waals surface area contributed by atoms with Crippen LogP contribution in [0.3, 0.4) is 0 Å². The van der Waals surface area contributed by atoms with Gasteiger partial charge in [-0.3, -0.25) is 0 Å². The van der Waals surface area contributed by atoms with Gasteiger partial charge in [-0.15, -0.1) is 0 Å². The summed E-state index contributed by atoms with van der Waals surface area (Å²) in [5, 5.41) is 12.8. The highest BCUT2D eigenvalue weighted by atomic mass is 32.2. The van der Waals surface area contributed by atoms with Crippen molar-refractivity contribution in [2.45, 2.75) is 11.0 Å². The number of ether oxygens (including phenoxy) is 1. The first-order valence-electron chi connectivity index (χ1n) is 7.42. The van der Waals surface area contributed by atoms with Crippen LogP contribution in [0.5, 0.6) is 5.75 Å². The smallest absolute Gasteiger partial charge is 0.179 e. The second-order valence-electron chi connectivity index (χ2n) is 5.11. The molecule has 0 aliphatic heterocycles. The average Bonchev–Trinajstić information content (AvgIpc) is 2.59. The molecule has 0 aromatic heterocycles. The van der Waals surface area contributed by atoms with Gasteiger partial charge in [-0.2, -0.15) is 0 Å². The van der Waals surface area contributed by atoms with Gasteiger partial charge in [-0.1, -0.05) is 36.4 Å². The number of para-hydroxylation sites is 1. The summed E-state index contributed by atoms with van der Waals surface area (Å²) >= 11 is 0. The van der Waals surface area contributed by atoms with E-state index in [0.29, 0.717) is 10.6 Å². The Morgan fingerprint density at radius 3 is 2.26 bits per heavy atom. The lowest BCUT2D eigenvalue weighted by Gasteiger charge is -2.13. The van der Waals surface area contributed by atoms with Crippen molar-refractivity contribution in [3.05, 3.63) is 60.7 Å². The molecule has 0 heterocycles. The predicted octanol–water partition coefficient (Wildman–Crippen LogP) is 1.49. The van der Waals surface area contributed by atoms with Crippen LogP contribution in [-0.2, 0) is 9.84 Å². The SMILES string of the molecule is O=S(=O)(CCNCC(O)COc1ccccc1)c1ccccc1. The van der Waals surface area contributed by atoms with E-state index < -0.39 is 15.9 Å². The molecule has 2 N–H and O–H groups in total. The lowest BCUT2D eigenvalue weighted by molar-refractivity contribution is 0.107. The van der Waals surface area contributed by atoms with Gasteiger partial charge < -0.3 is 15.2 Å². The van der Waals surface area contributed by atoms with Gasteiger partial charge in [0.15, 0.2) is 9.84 Å². The summed E-state index contributed by atoms with van der Waals surface area (Å²) in [7, 11) is -3.29. The minimum atomic E-state index is -3.29. The van der Waals surface area contributed by atoms with E-state index in [1.54, 1.807) is 30.3 Å². The highest BCUT2D eigenvalue weighted by Crippen LogP contribution is 2.09. The van der Waals surface area contributed by atoms with E-state index in [1.807, 2.05) is 30.3 Å². The Labute approximate surface area is 136 Å². The maximum absolute atomic E-state index is 12.1. The van der Waals surface area contributed by atoms with Gasteiger partial charge in [-0.05, 0) is 24.3 Å². The number of hydrogen-bond donors (Lipinski definition) is 2. The van der Waals surface area contributed by atoms with Gasteiger partial charge in [0, 0.05) is 13.1 Å². The zero-order valence-corrected chi connectivity index (χ0v) is 13.6. The lowest BCUT2D eigenvalue weighted by atomic mass is 10.3. The normalized spacial score (nSPS) is 12.7. The van der Waals surface area contributed by atoms with Crippen molar-refractivity contribution < 1.29 is 18.3 Å². The highest BCUT2D eigenvalue weighted by Gasteiger charge is 2.13. The van der Waals surface area contributed by atoms with Crippen molar-refractivity contribution >= 4 is 9.84 Å². The molecule has 0 amide bonds. The molecule has 0 bridgehead atoms. The number of aliphatic hydroxyl groups excluding tert-OH is 1. The Bertz CT molecular complexity index is 674. The Balaban J connectivity index is 1.67. The second kappa shape index (κ2) is 8.67. The Hall–Kier alpha value is -1.89.